The molecular formula is C16H28Cl4Cr2F13NO9S. The Labute approximate surface area is 300 Å². The number of likely N-dealkylation sites (N-methyl/N-ethyl adjacent to an activating group) is 1. The summed E-state index contributed by atoms with van der Waals surface area (Å²) in [5.74, 6) is -35.3. The number of carboxylic acids is 1. The first-order chi connectivity index (χ1) is 15.8. The van der Waals surface area contributed by atoms with E-state index in [1.54, 1.807) is 27.7 Å². The van der Waals surface area contributed by atoms with E-state index in [0.717, 1.165) is 0 Å². The molecule has 0 rings (SSSR count). The number of carbonyl (C=O) groups excluding carboxylic acids is 1. The normalized spacial score (nSPS) is 11.5. The fourth-order valence-electron chi connectivity index (χ4n) is 1.59. The van der Waals surface area contributed by atoms with Crippen LogP contribution in [-0.2, 0) is 49.5 Å². The number of hydrogen-bond donors (Lipinski definition) is 2. The average Bonchev–Trinajstić information content (AvgIpc) is 2.63. The van der Waals surface area contributed by atoms with Gasteiger partial charge >= 0.3 is 69.8 Å². The molecule has 46 heavy (non-hydrogen) atoms. The Kier molecular flexibility index (Phi) is 49.6. The summed E-state index contributed by atoms with van der Waals surface area (Å²) in [7, 11) is -7.34. The standard InChI is InChI=1S/C10H8F13NO4S.2C3H8O.4ClH.2Cr.3H2O/c1-2-24(3-4(25)26)29(27,28)10(22,23)8(17,18)6(13,14)5(11,12)7(15,16)9(19,20)21;2*1-3(2)4;;;;;;;;;/h2-3H2,1H3,(H,25,26);2*3-4H,1-2H3;4*1H;;;3*1H2/q;;;;;;;2*+3;;;/p-6. The van der Waals surface area contributed by atoms with E-state index in [0.29, 0.717) is 6.92 Å². The molecule has 0 aliphatic rings. The summed E-state index contributed by atoms with van der Waals surface area (Å²) in [4.78, 5) is 10.2. The van der Waals surface area contributed by atoms with Gasteiger partial charge in [-0.3, -0.25) is 0 Å². The third-order valence-corrected chi connectivity index (χ3v) is 5.20. The van der Waals surface area contributed by atoms with Crippen molar-refractivity contribution in [1.82, 2.24) is 4.31 Å². The maximum absolute atomic E-state index is 13.6. The predicted octanol–water partition coefficient (Wildman–Crippen LogP) is -11.0. The Morgan fingerprint density at radius 2 is 0.891 bits per heavy atom. The summed E-state index contributed by atoms with van der Waals surface area (Å²) in [6, 6.07) is 0. The van der Waals surface area contributed by atoms with E-state index in [-0.39, 0.29) is 113 Å². The van der Waals surface area contributed by atoms with Crippen molar-refractivity contribution in [2.45, 2.75) is 81.9 Å². The van der Waals surface area contributed by atoms with Crippen LogP contribution in [0.15, 0.2) is 0 Å². The monoisotopic (exact) mass is 901 g/mol. The molecule has 0 saturated heterocycles. The van der Waals surface area contributed by atoms with E-state index in [2.05, 4.69) is 0 Å². The van der Waals surface area contributed by atoms with Crippen LogP contribution in [0.1, 0.15) is 34.6 Å². The van der Waals surface area contributed by atoms with E-state index in [4.69, 9.17) is 10.2 Å². The van der Waals surface area contributed by atoms with E-state index in [1.807, 2.05) is 0 Å². The van der Waals surface area contributed by atoms with Crippen LogP contribution in [0.2, 0.25) is 0 Å². The van der Waals surface area contributed by atoms with Gasteiger partial charge in [0.05, 0.1) is 12.5 Å². The zero-order chi connectivity index (χ0) is 31.2. The van der Waals surface area contributed by atoms with Crippen molar-refractivity contribution in [2.75, 3.05) is 13.1 Å². The molecule has 0 aromatic heterocycles. The van der Waals surface area contributed by atoms with Crippen LogP contribution in [0.25, 0.3) is 0 Å². The predicted molar refractivity (Wildman–Crippen MR) is 106 cm³/mol. The zero-order valence-electron chi connectivity index (χ0n) is 23.1. The molecule has 0 spiro atoms. The third-order valence-electron chi connectivity index (χ3n) is 3.23. The summed E-state index contributed by atoms with van der Waals surface area (Å²) in [5.41, 5.74) is 0. The van der Waals surface area contributed by atoms with Gasteiger partial charge in [-0.15, -0.1) is 0 Å². The molecule has 7 N–H and O–H groups in total. The van der Waals surface area contributed by atoms with Crippen LogP contribution in [0.3, 0.4) is 0 Å². The second-order valence-electron chi connectivity index (χ2n) is 7.30. The molecule has 30 heteroatoms. The second kappa shape index (κ2) is 28.2. The summed E-state index contributed by atoms with van der Waals surface area (Å²) >= 11 is 0. The van der Waals surface area contributed by atoms with Gasteiger partial charge in [-0.2, -0.15) is 61.4 Å². The molecule has 0 aliphatic carbocycles. The summed E-state index contributed by atoms with van der Waals surface area (Å²) in [6.07, 6.45) is -7.98. The number of nitrogens with zero attached hydrogens (tertiary/aromatic N) is 1. The minimum atomic E-state index is -8.31. The minimum Gasteiger partial charge on any atom is -1.00 e. The van der Waals surface area contributed by atoms with Crippen molar-refractivity contribution in [3.05, 3.63) is 0 Å². The second-order valence-corrected chi connectivity index (χ2v) is 9.28. The van der Waals surface area contributed by atoms with Crippen molar-refractivity contribution >= 4 is 16.0 Å². The van der Waals surface area contributed by atoms with E-state index >= 15 is 0 Å². The van der Waals surface area contributed by atoms with Crippen molar-refractivity contribution in [3.8, 4) is 0 Å². The van der Waals surface area contributed by atoms with Gasteiger partial charge in [0.25, 0.3) is 10.0 Å². The first-order valence-corrected chi connectivity index (χ1v) is 10.8. The number of aliphatic carboxylic acids is 1. The largest absolute Gasteiger partial charge is 3.00 e. The molecule has 0 aromatic carbocycles. The Bertz CT molecular complexity index is 856. The van der Waals surface area contributed by atoms with Crippen LogP contribution in [-0.4, -0.2) is 106 Å². The number of hydrogen-bond acceptors (Lipinski definition) is 7. The molecule has 0 saturated carbocycles. The van der Waals surface area contributed by atoms with Gasteiger partial charge in [-0.1, -0.05) is 6.92 Å². The van der Waals surface area contributed by atoms with E-state index in [1.165, 1.54) is 0 Å². The van der Waals surface area contributed by atoms with E-state index in [9.17, 15) is 75.4 Å². The number of aliphatic hydroxyl groups excluding tert-OH is 2. The van der Waals surface area contributed by atoms with Gasteiger partial charge in [0.15, 0.2) is 0 Å². The summed E-state index contributed by atoms with van der Waals surface area (Å²) < 4.78 is 190. The van der Waals surface area contributed by atoms with Crippen LogP contribution in [0.4, 0.5) is 57.1 Å². The Morgan fingerprint density at radius 1 is 0.674 bits per heavy atom. The summed E-state index contributed by atoms with van der Waals surface area (Å²) in [6.45, 7) is 3.67. The smallest absolute Gasteiger partial charge is 1.00 e. The molecular weight excluding hydrogens is 875 g/mol. The number of halogens is 17. The molecule has 0 aromatic rings. The molecule has 2 radical (unpaired) electrons. The fraction of sp³-hybridized carbons (Fsp3) is 0.938. The van der Waals surface area contributed by atoms with Gasteiger partial charge in [0.1, 0.15) is 0 Å². The molecule has 0 heterocycles. The number of rotatable bonds is 9. The Morgan fingerprint density at radius 3 is 1.07 bits per heavy atom. The van der Waals surface area contributed by atoms with Crippen LogP contribution in [0, 0.1) is 0 Å². The van der Waals surface area contributed by atoms with Gasteiger partial charge in [0, 0.05) is 18.8 Å². The van der Waals surface area contributed by atoms with Crippen LogP contribution < -0.4 is 54.7 Å². The Hall–Kier alpha value is 0.495. The first-order valence-electron chi connectivity index (χ1n) is 9.35. The number of aliphatic hydroxyl groups is 2. The van der Waals surface area contributed by atoms with E-state index < -0.39 is 68.5 Å². The van der Waals surface area contributed by atoms with Gasteiger partial charge in [-0.25, -0.2) is 8.42 Å². The molecule has 0 bridgehead atoms. The summed E-state index contributed by atoms with van der Waals surface area (Å²) in [5, 5.41) is 18.9. The molecule has 0 amide bonds. The topological polar surface area (TPSA) is 211 Å². The van der Waals surface area contributed by atoms with Gasteiger partial charge < -0.3 is 86.2 Å². The molecule has 10 nitrogen and oxygen atoms in total. The van der Waals surface area contributed by atoms with Crippen molar-refractivity contribution in [1.29, 1.82) is 0 Å². The quantitative estimate of drug-likeness (QED) is 0.213. The molecule has 288 valence electrons. The SMILES string of the molecule is CC(C)O.CC(C)O.CCN(CC(=O)[O-])S(=O)(=O)C(F)(F)C(F)(F)C(F)(F)C(F)(F)C(F)(F)C(F)(F)F.O.O.[Cl-].[Cl-].[Cl-].[Cl-].[Cr+3].[Cr+3].[OH-]. The molecule has 0 unspecified atom stereocenters. The third kappa shape index (κ3) is 19.0. The van der Waals surface area contributed by atoms with Gasteiger partial charge in [-0.05, 0) is 27.7 Å². The first kappa shape index (κ1) is 80.9. The van der Waals surface area contributed by atoms with Crippen molar-refractivity contribution < 1.29 is 186 Å². The average molecular weight is 903 g/mol. The van der Waals surface area contributed by atoms with Crippen molar-refractivity contribution in [2.24, 2.45) is 0 Å². The Balaban J connectivity index is -0.0000000609. The number of carboxylic acid groups (broad SMARTS) is 1. The van der Waals surface area contributed by atoms with Crippen molar-refractivity contribution in [3.63, 3.8) is 0 Å². The number of carbonyl (C=O) groups is 1. The number of sulfonamides is 1. The van der Waals surface area contributed by atoms with Crippen LogP contribution in [0.5, 0.6) is 0 Å². The van der Waals surface area contributed by atoms with Crippen LogP contribution >= 0.6 is 0 Å². The molecule has 0 atom stereocenters. The molecule has 0 fully saturated rings. The zero-order valence-corrected chi connectivity index (χ0v) is 29.5. The molecule has 0 aliphatic heterocycles. The maximum atomic E-state index is 13.6. The maximum Gasteiger partial charge on any atom is 3.00 e. The fourth-order valence-corrected chi connectivity index (χ4v) is 2.98. The number of alkyl halides is 13. The van der Waals surface area contributed by atoms with Gasteiger partial charge in [0.2, 0.25) is 0 Å². The minimum absolute atomic E-state index is 0.